The molecular formula is C26H23NO4. The number of ketones is 3. The normalized spacial score (nSPS) is 24.3. The summed E-state index contributed by atoms with van der Waals surface area (Å²) in [5.41, 5.74) is 0.100. The summed E-state index contributed by atoms with van der Waals surface area (Å²) < 4.78 is 5.21. The van der Waals surface area contributed by atoms with Crippen LogP contribution in [0.3, 0.4) is 0 Å². The van der Waals surface area contributed by atoms with E-state index in [1.54, 1.807) is 62.7 Å². The molecule has 31 heavy (non-hydrogen) atoms. The maximum atomic E-state index is 13.8. The fourth-order valence-electron chi connectivity index (χ4n) is 5.59. The Kier molecular flexibility index (Phi) is 4.52. The van der Waals surface area contributed by atoms with Gasteiger partial charge in [-0.3, -0.25) is 19.3 Å². The number of carbonyl (C=O) groups excluding carboxylic acids is 3. The molecule has 0 amide bonds. The summed E-state index contributed by atoms with van der Waals surface area (Å²) in [5, 5.41) is 0. The van der Waals surface area contributed by atoms with Crippen molar-refractivity contribution in [3.05, 3.63) is 89.5 Å². The first-order valence-electron chi connectivity index (χ1n) is 10.4. The molecule has 5 nitrogen and oxygen atoms in total. The number of fused-ring (bicyclic) bond motifs is 1. The van der Waals surface area contributed by atoms with Crippen LogP contribution in [-0.4, -0.2) is 48.5 Å². The fourth-order valence-corrected chi connectivity index (χ4v) is 5.59. The van der Waals surface area contributed by atoms with Crippen LogP contribution in [0.25, 0.3) is 0 Å². The molecule has 0 radical (unpaired) electrons. The van der Waals surface area contributed by atoms with Gasteiger partial charge in [-0.15, -0.1) is 0 Å². The Labute approximate surface area is 181 Å². The van der Waals surface area contributed by atoms with Crippen LogP contribution < -0.4 is 4.74 Å². The number of hydrogen-bond donors (Lipinski definition) is 0. The highest BCUT2D eigenvalue weighted by Gasteiger charge is 2.67. The van der Waals surface area contributed by atoms with E-state index < -0.39 is 17.4 Å². The highest BCUT2D eigenvalue weighted by Crippen LogP contribution is 2.51. The molecule has 0 bridgehead atoms. The molecule has 2 aliphatic carbocycles. The van der Waals surface area contributed by atoms with Crippen molar-refractivity contribution >= 4 is 17.3 Å². The lowest BCUT2D eigenvalue weighted by atomic mass is 9.68. The molecule has 2 aromatic rings. The van der Waals surface area contributed by atoms with Crippen LogP contribution in [0, 0.1) is 17.8 Å². The maximum Gasteiger partial charge on any atom is 0.192 e. The van der Waals surface area contributed by atoms with Crippen LogP contribution in [0.4, 0.5) is 0 Å². The second kappa shape index (κ2) is 7.13. The van der Waals surface area contributed by atoms with Crippen molar-refractivity contribution in [2.45, 2.75) is 5.54 Å². The molecule has 1 heterocycles. The molecule has 0 unspecified atom stereocenters. The van der Waals surface area contributed by atoms with Gasteiger partial charge in [-0.25, -0.2) is 0 Å². The van der Waals surface area contributed by atoms with Crippen molar-refractivity contribution in [3.63, 3.8) is 0 Å². The number of benzene rings is 2. The van der Waals surface area contributed by atoms with Gasteiger partial charge >= 0.3 is 0 Å². The number of hydrogen-bond acceptors (Lipinski definition) is 5. The molecule has 1 aliphatic heterocycles. The topological polar surface area (TPSA) is 63.7 Å². The highest BCUT2D eigenvalue weighted by molar-refractivity contribution is 6.33. The lowest BCUT2D eigenvalue weighted by Gasteiger charge is -2.36. The lowest BCUT2D eigenvalue weighted by molar-refractivity contribution is 0.0524. The second-order valence-corrected chi connectivity index (χ2v) is 8.42. The molecular weight excluding hydrogens is 390 g/mol. The summed E-state index contributed by atoms with van der Waals surface area (Å²) in [7, 11) is 3.37. The van der Waals surface area contributed by atoms with Crippen LogP contribution in [0.2, 0.25) is 0 Å². The van der Waals surface area contributed by atoms with E-state index in [0.717, 1.165) is 0 Å². The highest BCUT2D eigenvalue weighted by atomic mass is 16.5. The standard InChI is InChI=1S/C26H23NO4/c1-27-15-21(23(28)17-11-13-18(31-2)14-12-17)22(16-7-3-4-8-16)26(27)24(29)19-9-5-6-10-20(19)25(26)30/h3-14,16,21-22H,15H2,1-2H3/t21-,22+/m1/s1. The first-order chi connectivity index (χ1) is 15.0. The van der Waals surface area contributed by atoms with Crippen molar-refractivity contribution < 1.29 is 19.1 Å². The number of carbonyl (C=O) groups is 3. The molecule has 2 aromatic carbocycles. The molecule has 5 rings (SSSR count). The average Bonchev–Trinajstić information content (AvgIpc) is 3.48. The Balaban J connectivity index is 1.62. The Morgan fingerprint density at radius 2 is 1.55 bits per heavy atom. The minimum atomic E-state index is -1.36. The van der Waals surface area contributed by atoms with E-state index in [-0.39, 0.29) is 23.3 Å². The van der Waals surface area contributed by atoms with Crippen molar-refractivity contribution in [2.24, 2.45) is 17.8 Å². The summed E-state index contributed by atoms with van der Waals surface area (Å²) in [6.07, 6.45) is 7.82. The number of Topliss-reactive ketones (excluding diaryl/α,β-unsaturated/α-hetero) is 3. The fraction of sp³-hybridized carbons (Fsp3) is 0.269. The van der Waals surface area contributed by atoms with Gasteiger partial charge in [0.1, 0.15) is 5.75 Å². The zero-order valence-electron chi connectivity index (χ0n) is 17.4. The van der Waals surface area contributed by atoms with E-state index in [1.807, 2.05) is 29.2 Å². The Hall–Kier alpha value is -3.31. The van der Waals surface area contributed by atoms with E-state index in [4.69, 9.17) is 4.74 Å². The van der Waals surface area contributed by atoms with E-state index in [2.05, 4.69) is 0 Å². The molecule has 2 atom stereocenters. The zero-order valence-corrected chi connectivity index (χ0v) is 17.4. The minimum absolute atomic E-state index is 0.0540. The molecule has 0 N–H and O–H groups in total. The third-order valence-electron chi connectivity index (χ3n) is 7.00. The zero-order chi connectivity index (χ0) is 21.8. The maximum absolute atomic E-state index is 13.8. The van der Waals surface area contributed by atoms with Gasteiger partial charge in [0, 0.05) is 41.0 Å². The lowest BCUT2D eigenvalue weighted by Crippen LogP contribution is -2.57. The molecule has 1 saturated heterocycles. The van der Waals surface area contributed by atoms with Crippen LogP contribution in [0.5, 0.6) is 5.75 Å². The van der Waals surface area contributed by atoms with Crippen molar-refractivity contribution in [1.82, 2.24) is 4.90 Å². The van der Waals surface area contributed by atoms with Gasteiger partial charge in [0.25, 0.3) is 0 Å². The smallest absolute Gasteiger partial charge is 0.192 e. The first-order valence-corrected chi connectivity index (χ1v) is 10.4. The van der Waals surface area contributed by atoms with Crippen LogP contribution >= 0.6 is 0 Å². The third kappa shape index (κ3) is 2.63. The molecule has 3 aliphatic rings. The number of allylic oxidation sites excluding steroid dienone is 4. The van der Waals surface area contributed by atoms with Gasteiger partial charge in [-0.2, -0.15) is 0 Å². The van der Waals surface area contributed by atoms with Crippen molar-refractivity contribution in [2.75, 3.05) is 20.7 Å². The SMILES string of the molecule is COc1ccc(C(=O)[C@@H]2CN(C)C3(C(=O)c4ccccc4C3=O)[C@H]2C2C=CC=C2)cc1. The molecule has 1 spiro atoms. The summed E-state index contributed by atoms with van der Waals surface area (Å²) in [6, 6.07) is 14.0. The Morgan fingerprint density at radius 3 is 2.10 bits per heavy atom. The largest absolute Gasteiger partial charge is 0.497 e. The quantitative estimate of drug-likeness (QED) is 0.566. The minimum Gasteiger partial charge on any atom is -0.497 e. The first kappa shape index (κ1) is 19.6. The van der Waals surface area contributed by atoms with E-state index in [9.17, 15) is 14.4 Å². The van der Waals surface area contributed by atoms with Crippen LogP contribution in [0.1, 0.15) is 31.1 Å². The molecule has 5 heteroatoms. The van der Waals surface area contributed by atoms with Gasteiger partial charge < -0.3 is 4.74 Å². The van der Waals surface area contributed by atoms with Crippen LogP contribution in [0.15, 0.2) is 72.8 Å². The monoisotopic (exact) mass is 413 g/mol. The predicted molar refractivity (Wildman–Crippen MR) is 117 cm³/mol. The van der Waals surface area contributed by atoms with Crippen molar-refractivity contribution in [3.8, 4) is 5.75 Å². The molecule has 0 aromatic heterocycles. The summed E-state index contributed by atoms with van der Waals surface area (Å²) in [6.45, 7) is 0.346. The summed E-state index contributed by atoms with van der Waals surface area (Å²) in [5.74, 6) is -0.904. The average molecular weight is 413 g/mol. The number of nitrogens with zero attached hydrogens (tertiary/aromatic N) is 1. The second-order valence-electron chi connectivity index (χ2n) is 8.42. The number of rotatable bonds is 4. The molecule has 1 fully saturated rings. The van der Waals surface area contributed by atoms with E-state index in [0.29, 0.717) is 29.0 Å². The van der Waals surface area contributed by atoms with Gasteiger partial charge in [0.2, 0.25) is 0 Å². The van der Waals surface area contributed by atoms with Gasteiger partial charge in [0.05, 0.1) is 7.11 Å². The van der Waals surface area contributed by atoms with Gasteiger partial charge in [-0.1, -0.05) is 48.6 Å². The molecule has 156 valence electrons. The Morgan fingerprint density at radius 1 is 0.968 bits per heavy atom. The Bertz CT molecular complexity index is 1100. The molecule has 0 saturated carbocycles. The summed E-state index contributed by atoms with van der Waals surface area (Å²) >= 11 is 0. The third-order valence-corrected chi connectivity index (χ3v) is 7.00. The predicted octanol–water partition coefficient (Wildman–Crippen LogP) is 3.62. The number of likely N-dealkylation sites (tertiary alicyclic amines) is 1. The summed E-state index contributed by atoms with van der Waals surface area (Å²) in [4.78, 5) is 43.0. The van der Waals surface area contributed by atoms with Crippen molar-refractivity contribution in [1.29, 1.82) is 0 Å². The number of likely N-dealkylation sites (N-methyl/N-ethyl adjacent to an activating group) is 1. The van der Waals surface area contributed by atoms with Gasteiger partial charge in [-0.05, 0) is 31.3 Å². The van der Waals surface area contributed by atoms with Gasteiger partial charge in [0.15, 0.2) is 22.9 Å². The van der Waals surface area contributed by atoms with E-state index in [1.165, 1.54) is 0 Å². The number of ether oxygens (including phenoxy) is 1. The number of methoxy groups -OCH3 is 1. The van der Waals surface area contributed by atoms with Crippen LogP contribution in [-0.2, 0) is 0 Å². The van der Waals surface area contributed by atoms with E-state index >= 15 is 0 Å².